The Balaban J connectivity index is 1.67. The van der Waals surface area contributed by atoms with Crippen LogP contribution in [0.3, 0.4) is 0 Å². The Kier molecular flexibility index (Phi) is 7.44. The van der Waals surface area contributed by atoms with Crippen molar-refractivity contribution in [2.24, 2.45) is 0 Å². The molecular formula is C23H33N5O2. The number of rotatable bonds is 7. The van der Waals surface area contributed by atoms with Crippen molar-refractivity contribution in [2.75, 3.05) is 52.2 Å². The van der Waals surface area contributed by atoms with Crippen LogP contribution < -0.4 is 15.7 Å². The van der Waals surface area contributed by atoms with Crippen molar-refractivity contribution < 1.29 is 10.0 Å². The Hall–Kier alpha value is -2.45. The third-order valence-electron chi connectivity index (χ3n) is 6.06. The molecule has 1 amide bonds. The molecule has 0 radical (unpaired) electrons. The lowest BCUT2D eigenvalue weighted by Crippen LogP contribution is -2.54. The minimum atomic E-state index is -0.406. The lowest BCUT2D eigenvalue weighted by atomic mass is 10.0. The maximum Gasteiger partial charge on any atom is 0.253 e. The number of amides is 1. The monoisotopic (exact) mass is 411 g/mol. The van der Waals surface area contributed by atoms with Gasteiger partial charge in [0.2, 0.25) is 0 Å². The van der Waals surface area contributed by atoms with Crippen LogP contribution >= 0.6 is 0 Å². The summed E-state index contributed by atoms with van der Waals surface area (Å²) in [5.74, 6) is -0.0880. The van der Waals surface area contributed by atoms with Crippen LogP contribution in [0, 0.1) is 0 Å². The van der Waals surface area contributed by atoms with Crippen molar-refractivity contribution in [3.05, 3.63) is 54.1 Å². The second-order valence-electron chi connectivity index (χ2n) is 7.97. The number of nitrogens with zero attached hydrogens (tertiary/aromatic N) is 3. The van der Waals surface area contributed by atoms with E-state index in [9.17, 15) is 10.0 Å². The summed E-state index contributed by atoms with van der Waals surface area (Å²) in [5, 5.41) is 12.2. The third-order valence-corrected chi connectivity index (χ3v) is 6.06. The number of nitrogens with one attached hydrogen (secondary N) is 2. The van der Waals surface area contributed by atoms with Crippen molar-refractivity contribution in [1.82, 2.24) is 20.6 Å². The molecule has 0 bridgehead atoms. The van der Waals surface area contributed by atoms with Crippen LogP contribution in [0.2, 0.25) is 0 Å². The van der Waals surface area contributed by atoms with Gasteiger partial charge in [0.15, 0.2) is 0 Å². The molecule has 1 fully saturated rings. The number of hydrogen-bond donors (Lipinski definition) is 3. The van der Waals surface area contributed by atoms with E-state index in [1.807, 2.05) is 31.2 Å². The third kappa shape index (κ3) is 4.99. The summed E-state index contributed by atoms with van der Waals surface area (Å²) in [7, 11) is 5.63. The van der Waals surface area contributed by atoms with Gasteiger partial charge in [0.25, 0.3) is 5.91 Å². The Bertz CT molecular complexity index is 812. The van der Waals surface area contributed by atoms with E-state index in [0.717, 1.165) is 37.3 Å². The minimum Gasteiger partial charge on any atom is -0.369 e. The molecule has 2 aromatic carbocycles. The highest BCUT2D eigenvalue weighted by Crippen LogP contribution is 2.24. The maximum atomic E-state index is 12.8. The van der Waals surface area contributed by atoms with Gasteiger partial charge < -0.3 is 25.2 Å². The zero-order valence-electron chi connectivity index (χ0n) is 18.3. The molecule has 0 aromatic heterocycles. The first-order chi connectivity index (χ1) is 14.4. The van der Waals surface area contributed by atoms with Crippen LogP contribution in [0.25, 0.3) is 11.1 Å². The first kappa shape index (κ1) is 22.2. The maximum absolute atomic E-state index is 12.8. The van der Waals surface area contributed by atoms with E-state index in [-0.39, 0.29) is 11.9 Å². The van der Waals surface area contributed by atoms with Gasteiger partial charge in [-0.3, -0.25) is 4.79 Å². The Morgan fingerprint density at radius 3 is 2.03 bits per heavy atom. The zero-order valence-corrected chi connectivity index (χ0v) is 18.3. The number of hydroxylamine groups is 1. The van der Waals surface area contributed by atoms with Gasteiger partial charge in [0, 0.05) is 44.5 Å². The van der Waals surface area contributed by atoms with Gasteiger partial charge in [-0.25, -0.2) is 0 Å². The SMILES string of the molecule is CNC(NO)C(C)N(C)C(=O)c1ccc(-c2ccc(N3CCN(C)CC3)cc2)cc1. The Morgan fingerprint density at radius 1 is 1.00 bits per heavy atom. The summed E-state index contributed by atoms with van der Waals surface area (Å²) >= 11 is 0. The predicted octanol–water partition coefficient (Wildman–Crippen LogP) is 2.09. The molecule has 1 aliphatic rings. The van der Waals surface area contributed by atoms with E-state index in [0.29, 0.717) is 5.56 Å². The fraction of sp³-hybridized carbons (Fsp3) is 0.435. The van der Waals surface area contributed by atoms with Gasteiger partial charge in [-0.1, -0.05) is 24.3 Å². The number of likely N-dealkylation sites (N-methyl/N-ethyl adjacent to an activating group) is 3. The number of hydrogen-bond acceptors (Lipinski definition) is 6. The number of piperazine rings is 1. The number of anilines is 1. The zero-order chi connectivity index (χ0) is 21.7. The molecule has 3 rings (SSSR count). The quantitative estimate of drug-likeness (QED) is 0.479. The number of carbonyl (C=O) groups excluding carboxylic acids is 1. The van der Waals surface area contributed by atoms with Crippen molar-refractivity contribution in [2.45, 2.75) is 19.1 Å². The average molecular weight is 412 g/mol. The summed E-state index contributed by atoms with van der Waals surface area (Å²) in [6.07, 6.45) is -0.406. The van der Waals surface area contributed by atoms with E-state index in [2.05, 4.69) is 51.9 Å². The molecule has 2 unspecified atom stereocenters. The lowest BCUT2D eigenvalue weighted by Gasteiger charge is -2.34. The minimum absolute atomic E-state index is 0.0880. The first-order valence-electron chi connectivity index (χ1n) is 10.4. The fourth-order valence-corrected chi connectivity index (χ4v) is 3.76. The first-order valence-corrected chi connectivity index (χ1v) is 10.4. The average Bonchev–Trinajstić information content (AvgIpc) is 2.79. The second kappa shape index (κ2) is 10.0. The standard InChI is InChI=1S/C23H33N5O2/c1-17(22(24-2)25-30)27(4)23(29)20-7-5-18(6-8-20)19-9-11-21(12-10-19)28-15-13-26(3)14-16-28/h5-12,17,22,24-25,30H,13-16H2,1-4H3. The molecule has 2 atom stereocenters. The van der Waals surface area contributed by atoms with Crippen LogP contribution in [0.1, 0.15) is 17.3 Å². The molecule has 7 nitrogen and oxygen atoms in total. The fourth-order valence-electron chi connectivity index (χ4n) is 3.76. The Morgan fingerprint density at radius 2 is 1.53 bits per heavy atom. The molecule has 1 aliphatic heterocycles. The van der Waals surface area contributed by atoms with E-state index in [1.165, 1.54) is 5.69 Å². The van der Waals surface area contributed by atoms with E-state index < -0.39 is 6.17 Å². The van der Waals surface area contributed by atoms with Gasteiger partial charge in [-0.05, 0) is 56.4 Å². The molecular weight excluding hydrogens is 378 g/mol. The van der Waals surface area contributed by atoms with Crippen molar-refractivity contribution >= 4 is 11.6 Å². The molecule has 162 valence electrons. The highest BCUT2D eigenvalue weighted by atomic mass is 16.5. The highest BCUT2D eigenvalue weighted by molar-refractivity contribution is 5.94. The van der Waals surface area contributed by atoms with Crippen LogP contribution in [-0.4, -0.2) is 80.4 Å². The van der Waals surface area contributed by atoms with Gasteiger partial charge in [-0.2, -0.15) is 5.48 Å². The summed E-state index contributed by atoms with van der Waals surface area (Å²) in [4.78, 5) is 19.2. The summed E-state index contributed by atoms with van der Waals surface area (Å²) in [6.45, 7) is 6.16. The summed E-state index contributed by atoms with van der Waals surface area (Å²) < 4.78 is 0. The van der Waals surface area contributed by atoms with Gasteiger partial charge in [0.1, 0.15) is 6.17 Å². The topological polar surface area (TPSA) is 71.1 Å². The normalized spacial score (nSPS) is 16.9. The van der Waals surface area contributed by atoms with Crippen molar-refractivity contribution in [1.29, 1.82) is 0 Å². The van der Waals surface area contributed by atoms with Crippen molar-refractivity contribution in [3.63, 3.8) is 0 Å². The largest absolute Gasteiger partial charge is 0.369 e. The number of benzene rings is 2. The second-order valence-corrected chi connectivity index (χ2v) is 7.97. The summed E-state index contributed by atoms with van der Waals surface area (Å²) in [5.41, 5.74) is 6.28. The molecule has 2 aromatic rings. The van der Waals surface area contributed by atoms with Crippen LogP contribution in [-0.2, 0) is 0 Å². The van der Waals surface area contributed by atoms with Gasteiger partial charge >= 0.3 is 0 Å². The molecule has 0 aliphatic carbocycles. The van der Waals surface area contributed by atoms with Gasteiger partial charge in [0.05, 0.1) is 6.04 Å². The molecule has 1 saturated heterocycles. The molecule has 0 spiro atoms. The van der Waals surface area contributed by atoms with Crippen LogP contribution in [0.15, 0.2) is 48.5 Å². The lowest BCUT2D eigenvalue weighted by molar-refractivity contribution is 0.0493. The van der Waals surface area contributed by atoms with E-state index >= 15 is 0 Å². The van der Waals surface area contributed by atoms with Gasteiger partial charge in [-0.15, -0.1) is 0 Å². The molecule has 0 saturated carbocycles. The van der Waals surface area contributed by atoms with E-state index in [4.69, 9.17) is 0 Å². The Labute approximate surface area is 179 Å². The van der Waals surface area contributed by atoms with Crippen LogP contribution in [0.4, 0.5) is 5.69 Å². The predicted molar refractivity (Wildman–Crippen MR) is 121 cm³/mol. The van der Waals surface area contributed by atoms with E-state index in [1.54, 1.807) is 19.0 Å². The van der Waals surface area contributed by atoms with Crippen molar-refractivity contribution in [3.8, 4) is 11.1 Å². The van der Waals surface area contributed by atoms with Crippen LogP contribution in [0.5, 0.6) is 0 Å². The molecule has 7 heteroatoms. The molecule has 30 heavy (non-hydrogen) atoms. The highest BCUT2D eigenvalue weighted by Gasteiger charge is 2.23. The molecule has 1 heterocycles. The summed E-state index contributed by atoms with van der Waals surface area (Å²) in [6, 6.07) is 16.1. The number of carbonyl (C=O) groups is 1. The smallest absolute Gasteiger partial charge is 0.253 e. The molecule has 3 N–H and O–H groups in total.